The number of hydrogen-bond donors (Lipinski definition) is 2. The van der Waals surface area contributed by atoms with Gasteiger partial charge in [-0.25, -0.2) is 0 Å². The maximum atomic E-state index is 11.9. The third-order valence-electron chi connectivity index (χ3n) is 2.89. The number of amides is 1. The predicted octanol–water partition coefficient (Wildman–Crippen LogP) is 1.57. The molecular formula is C10H17F3N2O. The van der Waals surface area contributed by atoms with Crippen LogP contribution >= 0.6 is 0 Å². The van der Waals surface area contributed by atoms with E-state index >= 15 is 0 Å². The van der Waals surface area contributed by atoms with Crippen molar-refractivity contribution in [2.75, 3.05) is 6.54 Å². The molecule has 0 aromatic rings. The van der Waals surface area contributed by atoms with Gasteiger partial charge in [0.1, 0.15) is 6.42 Å². The summed E-state index contributed by atoms with van der Waals surface area (Å²) in [6, 6.07) is -0.0000586. The van der Waals surface area contributed by atoms with Crippen molar-refractivity contribution in [2.45, 2.75) is 44.3 Å². The van der Waals surface area contributed by atoms with Crippen molar-refractivity contribution < 1.29 is 18.0 Å². The van der Waals surface area contributed by atoms with Crippen LogP contribution in [0.3, 0.4) is 0 Å². The van der Waals surface area contributed by atoms with Crippen LogP contribution < -0.4 is 11.1 Å². The highest BCUT2D eigenvalue weighted by atomic mass is 19.4. The summed E-state index contributed by atoms with van der Waals surface area (Å²) >= 11 is 0. The van der Waals surface area contributed by atoms with Crippen molar-refractivity contribution in [2.24, 2.45) is 11.7 Å². The molecule has 3 nitrogen and oxygen atoms in total. The van der Waals surface area contributed by atoms with Crippen LogP contribution in [0.4, 0.5) is 13.2 Å². The van der Waals surface area contributed by atoms with Crippen LogP contribution in [-0.4, -0.2) is 24.7 Å². The van der Waals surface area contributed by atoms with Crippen molar-refractivity contribution in [1.29, 1.82) is 0 Å². The van der Waals surface area contributed by atoms with E-state index in [-0.39, 0.29) is 18.5 Å². The summed E-state index contributed by atoms with van der Waals surface area (Å²) in [5.41, 5.74) is 5.82. The van der Waals surface area contributed by atoms with E-state index in [2.05, 4.69) is 5.32 Å². The Morgan fingerprint density at radius 2 is 1.94 bits per heavy atom. The molecule has 1 rings (SSSR count). The molecule has 0 spiro atoms. The summed E-state index contributed by atoms with van der Waals surface area (Å²) in [4.78, 5) is 10.9. The lowest BCUT2D eigenvalue weighted by Gasteiger charge is -2.28. The molecule has 16 heavy (non-hydrogen) atoms. The summed E-state index contributed by atoms with van der Waals surface area (Å²) < 4.78 is 35.6. The molecule has 0 aliphatic heterocycles. The standard InChI is InChI=1S/C10H17F3N2O/c11-10(12,13)5-9(16)15-6-7-3-1-2-4-8(7)14/h7-8H,1-6,14H2,(H,15,16). The quantitative estimate of drug-likeness (QED) is 0.784. The van der Waals surface area contributed by atoms with E-state index in [1.165, 1.54) is 0 Å². The normalized spacial score (nSPS) is 26.5. The van der Waals surface area contributed by atoms with Gasteiger partial charge in [0, 0.05) is 12.6 Å². The van der Waals surface area contributed by atoms with Crippen LogP contribution in [0.5, 0.6) is 0 Å². The van der Waals surface area contributed by atoms with Gasteiger partial charge in [0.15, 0.2) is 0 Å². The van der Waals surface area contributed by atoms with Gasteiger partial charge in [-0.15, -0.1) is 0 Å². The first-order valence-corrected chi connectivity index (χ1v) is 5.47. The lowest BCUT2D eigenvalue weighted by Crippen LogP contribution is -2.41. The van der Waals surface area contributed by atoms with Crippen LogP contribution in [-0.2, 0) is 4.79 Å². The van der Waals surface area contributed by atoms with E-state index in [1.54, 1.807) is 0 Å². The molecule has 0 bridgehead atoms. The maximum Gasteiger partial charge on any atom is 0.397 e. The lowest BCUT2D eigenvalue weighted by atomic mass is 9.85. The maximum absolute atomic E-state index is 11.9. The van der Waals surface area contributed by atoms with Gasteiger partial charge in [-0.3, -0.25) is 4.79 Å². The topological polar surface area (TPSA) is 55.1 Å². The van der Waals surface area contributed by atoms with E-state index in [0.717, 1.165) is 25.7 Å². The second-order valence-corrected chi connectivity index (χ2v) is 4.30. The Balaban J connectivity index is 2.25. The average Bonchev–Trinajstić information content (AvgIpc) is 2.14. The van der Waals surface area contributed by atoms with Crippen LogP contribution in [0, 0.1) is 5.92 Å². The molecule has 0 aromatic carbocycles. The molecule has 1 aliphatic rings. The minimum absolute atomic E-state index is 0.0000586. The summed E-state index contributed by atoms with van der Waals surface area (Å²) in [6.45, 7) is 0.260. The Morgan fingerprint density at radius 1 is 1.31 bits per heavy atom. The molecule has 0 aromatic heterocycles. The zero-order valence-corrected chi connectivity index (χ0v) is 9.02. The fraction of sp³-hybridized carbons (Fsp3) is 0.900. The van der Waals surface area contributed by atoms with E-state index < -0.39 is 18.5 Å². The zero-order chi connectivity index (χ0) is 12.2. The molecule has 94 valence electrons. The second kappa shape index (κ2) is 5.52. The average molecular weight is 238 g/mol. The highest BCUT2D eigenvalue weighted by Gasteiger charge is 2.31. The Morgan fingerprint density at radius 3 is 2.50 bits per heavy atom. The van der Waals surface area contributed by atoms with Crippen molar-refractivity contribution in [3.63, 3.8) is 0 Å². The molecule has 6 heteroatoms. The van der Waals surface area contributed by atoms with Crippen LogP contribution in [0.25, 0.3) is 0 Å². The molecule has 2 atom stereocenters. The molecular weight excluding hydrogens is 221 g/mol. The van der Waals surface area contributed by atoms with E-state index in [9.17, 15) is 18.0 Å². The third kappa shape index (κ3) is 4.83. The first kappa shape index (κ1) is 13.3. The van der Waals surface area contributed by atoms with Gasteiger partial charge in [0.2, 0.25) is 5.91 Å². The zero-order valence-electron chi connectivity index (χ0n) is 9.02. The molecule has 0 heterocycles. The molecule has 1 saturated carbocycles. The van der Waals surface area contributed by atoms with Gasteiger partial charge in [0.05, 0.1) is 0 Å². The molecule has 0 saturated heterocycles. The molecule has 3 N–H and O–H groups in total. The van der Waals surface area contributed by atoms with Gasteiger partial charge in [-0.05, 0) is 18.8 Å². The van der Waals surface area contributed by atoms with E-state index in [4.69, 9.17) is 5.73 Å². The number of nitrogens with one attached hydrogen (secondary N) is 1. The number of carbonyl (C=O) groups excluding carboxylic acids is 1. The lowest BCUT2D eigenvalue weighted by molar-refractivity contribution is -0.153. The predicted molar refractivity (Wildman–Crippen MR) is 53.6 cm³/mol. The molecule has 1 fully saturated rings. The molecule has 0 radical (unpaired) electrons. The van der Waals surface area contributed by atoms with Gasteiger partial charge in [-0.1, -0.05) is 12.8 Å². The summed E-state index contributed by atoms with van der Waals surface area (Å²) in [6.07, 6.45) is -1.97. The third-order valence-corrected chi connectivity index (χ3v) is 2.89. The Labute approximate surface area is 92.6 Å². The van der Waals surface area contributed by atoms with Crippen molar-refractivity contribution in [3.05, 3.63) is 0 Å². The van der Waals surface area contributed by atoms with Crippen molar-refractivity contribution in [3.8, 4) is 0 Å². The minimum Gasteiger partial charge on any atom is -0.355 e. The Bertz CT molecular complexity index is 243. The van der Waals surface area contributed by atoms with Gasteiger partial charge >= 0.3 is 6.18 Å². The number of rotatable bonds is 3. The summed E-state index contributed by atoms with van der Waals surface area (Å²) in [7, 11) is 0. The van der Waals surface area contributed by atoms with E-state index in [1.807, 2.05) is 0 Å². The summed E-state index contributed by atoms with van der Waals surface area (Å²) in [5.74, 6) is -0.851. The highest BCUT2D eigenvalue weighted by molar-refractivity contribution is 5.76. The number of carbonyl (C=O) groups is 1. The Kier molecular flexibility index (Phi) is 4.58. The SMILES string of the molecule is NC1CCCCC1CNC(=O)CC(F)(F)F. The van der Waals surface area contributed by atoms with Crippen molar-refractivity contribution >= 4 is 5.91 Å². The monoisotopic (exact) mass is 238 g/mol. The summed E-state index contributed by atoms with van der Waals surface area (Å²) in [5, 5.41) is 2.30. The minimum atomic E-state index is -4.43. The van der Waals surface area contributed by atoms with Crippen LogP contribution in [0.2, 0.25) is 0 Å². The van der Waals surface area contributed by atoms with Gasteiger partial charge in [0.25, 0.3) is 0 Å². The largest absolute Gasteiger partial charge is 0.397 e. The number of nitrogens with two attached hydrogens (primary N) is 1. The number of hydrogen-bond acceptors (Lipinski definition) is 2. The number of alkyl halides is 3. The van der Waals surface area contributed by atoms with Gasteiger partial charge in [-0.2, -0.15) is 13.2 Å². The molecule has 2 unspecified atom stereocenters. The van der Waals surface area contributed by atoms with Crippen LogP contribution in [0.15, 0.2) is 0 Å². The first-order valence-electron chi connectivity index (χ1n) is 5.47. The molecule has 1 amide bonds. The smallest absolute Gasteiger partial charge is 0.355 e. The van der Waals surface area contributed by atoms with Gasteiger partial charge < -0.3 is 11.1 Å². The Hall–Kier alpha value is -0.780. The second-order valence-electron chi connectivity index (χ2n) is 4.30. The fourth-order valence-electron chi connectivity index (χ4n) is 1.98. The molecule has 1 aliphatic carbocycles. The fourth-order valence-corrected chi connectivity index (χ4v) is 1.98. The number of halogens is 3. The van der Waals surface area contributed by atoms with Crippen molar-refractivity contribution in [1.82, 2.24) is 5.32 Å². The van der Waals surface area contributed by atoms with E-state index in [0.29, 0.717) is 0 Å². The first-order chi connectivity index (χ1) is 7.38. The van der Waals surface area contributed by atoms with Crippen LogP contribution in [0.1, 0.15) is 32.1 Å². The highest BCUT2D eigenvalue weighted by Crippen LogP contribution is 2.23.